The van der Waals surface area contributed by atoms with Crippen molar-refractivity contribution < 1.29 is 14.0 Å². The van der Waals surface area contributed by atoms with Gasteiger partial charge in [-0.25, -0.2) is 9.18 Å². The second kappa shape index (κ2) is 8.91. The number of rotatable bonds is 6. The van der Waals surface area contributed by atoms with Gasteiger partial charge < -0.3 is 5.32 Å². The number of benzene rings is 1. The summed E-state index contributed by atoms with van der Waals surface area (Å²) in [6.45, 7) is 3.53. The number of urea groups is 1. The molecule has 2 aliphatic rings. The maximum Gasteiger partial charge on any atom is 0.324 e. The van der Waals surface area contributed by atoms with Gasteiger partial charge in [-0.1, -0.05) is 18.2 Å². The molecule has 3 amide bonds. The Morgan fingerprint density at radius 1 is 1.10 bits per heavy atom. The lowest BCUT2D eigenvalue weighted by Crippen LogP contribution is -2.35. The molecule has 0 radical (unpaired) electrons. The van der Waals surface area contributed by atoms with E-state index in [2.05, 4.69) is 20.4 Å². The molecule has 3 heterocycles. The molecule has 0 aliphatic carbocycles. The van der Waals surface area contributed by atoms with Crippen LogP contribution in [-0.4, -0.2) is 68.4 Å². The number of halogens is 1. The lowest BCUT2D eigenvalue weighted by molar-refractivity contribution is -0.124. The molecular weight excluding hydrogens is 395 g/mol. The number of hydrogen-bond acceptors (Lipinski definition) is 6. The third-order valence-electron chi connectivity index (χ3n) is 5.08. The summed E-state index contributed by atoms with van der Waals surface area (Å²) in [5, 5.41) is 11.8. The van der Waals surface area contributed by atoms with Crippen molar-refractivity contribution in [2.24, 2.45) is 0 Å². The van der Waals surface area contributed by atoms with Gasteiger partial charge in [0, 0.05) is 18.8 Å². The van der Waals surface area contributed by atoms with Gasteiger partial charge in [0.1, 0.15) is 5.82 Å². The maximum atomic E-state index is 13.4. The summed E-state index contributed by atoms with van der Waals surface area (Å²) in [5.41, 5.74) is 0.747. The molecule has 2 aromatic rings. The van der Waals surface area contributed by atoms with Crippen molar-refractivity contribution in [1.82, 2.24) is 29.9 Å². The first kappa shape index (κ1) is 19.8. The molecule has 1 aromatic heterocycles. The van der Waals surface area contributed by atoms with E-state index in [9.17, 15) is 14.0 Å². The smallest absolute Gasteiger partial charge is 0.324 e. The van der Waals surface area contributed by atoms with Gasteiger partial charge in [0.2, 0.25) is 5.91 Å². The van der Waals surface area contributed by atoms with E-state index >= 15 is 0 Å². The quantitative estimate of drug-likeness (QED) is 0.723. The number of imide groups is 1. The van der Waals surface area contributed by atoms with Crippen LogP contribution in [0.4, 0.5) is 9.18 Å². The van der Waals surface area contributed by atoms with Crippen molar-refractivity contribution in [2.45, 2.75) is 31.0 Å². The second-order valence-corrected chi connectivity index (χ2v) is 8.06. The highest BCUT2D eigenvalue weighted by molar-refractivity contribution is 7.99. The average Bonchev–Trinajstić information content (AvgIpc) is 3.34. The Morgan fingerprint density at radius 3 is 2.55 bits per heavy atom. The lowest BCUT2D eigenvalue weighted by Gasteiger charge is -2.26. The van der Waals surface area contributed by atoms with Crippen molar-refractivity contribution in [3.8, 4) is 5.69 Å². The van der Waals surface area contributed by atoms with Gasteiger partial charge in [0.25, 0.3) is 0 Å². The molecule has 4 rings (SSSR count). The van der Waals surface area contributed by atoms with Crippen LogP contribution in [0.15, 0.2) is 29.4 Å². The average molecular weight is 418 g/mol. The van der Waals surface area contributed by atoms with Gasteiger partial charge in [0.15, 0.2) is 11.0 Å². The number of carbonyl (C=O) groups excluding carboxylic acids is 2. The fourth-order valence-electron chi connectivity index (χ4n) is 3.58. The van der Waals surface area contributed by atoms with Crippen molar-refractivity contribution >= 4 is 23.7 Å². The fraction of sp³-hybridized carbons (Fsp3) is 0.474. The van der Waals surface area contributed by atoms with Gasteiger partial charge in [0.05, 0.1) is 12.3 Å². The second-order valence-electron chi connectivity index (χ2n) is 7.11. The molecule has 0 spiro atoms. The number of likely N-dealkylation sites (tertiary alicyclic amines) is 1. The normalized spacial score (nSPS) is 17.6. The van der Waals surface area contributed by atoms with Crippen LogP contribution in [-0.2, 0) is 11.3 Å². The molecule has 0 saturated carbocycles. The van der Waals surface area contributed by atoms with E-state index in [1.165, 1.54) is 48.1 Å². The van der Waals surface area contributed by atoms with E-state index in [0.29, 0.717) is 24.8 Å². The molecule has 1 aromatic carbocycles. The molecule has 0 unspecified atom stereocenters. The zero-order valence-corrected chi connectivity index (χ0v) is 16.8. The monoisotopic (exact) mass is 418 g/mol. The summed E-state index contributed by atoms with van der Waals surface area (Å²) in [6.07, 6.45) is 3.58. The molecule has 154 valence electrons. The Balaban J connectivity index is 1.54. The van der Waals surface area contributed by atoms with Gasteiger partial charge in [-0.3, -0.25) is 19.2 Å². The number of aromatic nitrogens is 3. The van der Waals surface area contributed by atoms with E-state index in [1.807, 2.05) is 4.57 Å². The standard InChI is InChI=1S/C19H23FN6O2S/c20-14-4-6-15(7-5-14)26-16(12-24-9-2-1-3-10-24)22-23-19(26)29-13-17(27)25-11-8-21-18(25)28/h4-7H,1-3,8-13H2,(H,21,28). The maximum absolute atomic E-state index is 13.4. The van der Waals surface area contributed by atoms with Crippen LogP contribution in [0.1, 0.15) is 25.1 Å². The molecule has 10 heteroatoms. The van der Waals surface area contributed by atoms with Crippen molar-refractivity contribution in [1.29, 1.82) is 0 Å². The Morgan fingerprint density at radius 2 is 1.86 bits per heavy atom. The highest BCUT2D eigenvalue weighted by Gasteiger charge is 2.27. The number of piperidine rings is 1. The molecular formula is C19H23FN6O2S. The zero-order valence-electron chi connectivity index (χ0n) is 16.0. The Bertz CT molecular complexity index is 881. The number of thioether (sulfide) groups is 1. The van der Waals surface area contributed by atoms with Crippen LogP contribution in [0.2, 0.25) is 0 Å². The number of carbonyl (C=O) groups is 2. The van der Waals surface area contributed by atoms with Gasteiger partial charge in [-0.05, 0) is 50.2 Å². The first-order valence-electron chi connectivity index (χ1n) is 9.75. The lowest BCUT2D eigenvalue weighted by atomic mass is 10.1. The van der Waals surface area contributed by atoms with Crippen LogP contribution >= 0.6 is 11.8 Å². The van der Waals surface area contributed by atoms with Crippen molar-refractivity contribution in [3.05, 3.63) is 35.9 Å². The predicted octanol–water partition coefficient (Wildman–Crippen LogP) is 2.04. The molecule has 8 nitrogen and oxygen atoms in total. The van der Waals surface area contributed by atoms with E-state index in [-0.39, 0.29) is 23.5 Å². The number of nitrogens with zero attached hydrogens (tertiary/aromatic N) is 5. The minimum atomic E-state index is -0.360. The van der Waals surface area contributed by atoms with Crippen LogP contribution in [0.25, 0.3) is 5.69 Å². The molecule has 2 saturated heterocycles. The molecule has 0 bridgehead atoms. The van der Waals surface area contributed by atoms with Crippen molar-refractivity contribution in [3.63, 3.8) is 0 Å². The molecule has 2 aliphatic heterocycles. The SMILES string of the molecule is O=C(CSc1nnc(CN2CCCCC2)n1-c1ccc(F)cc1)N1CCNC1=O. The summed E-state index contributed by atoms with van der Waals surface area (Å²) >= 11 is 1.23. The van der Waals surface area contributed by atoms with Crippen LogP contribution in [0.5, 0.6) is 0 Å². The van der Waals surface area contributed by atoms with Gasteiger partial charge in [-0.2, -0.15) is 0 Å². The molecule has 29 heavy (non-hydrogen) atoms. The largest absolute Gasteiger partial charge is 0.336 e. The highest BCUT2D eigenvalue weighted by atomic mass is 32.2. The third-order valence-corrected chi connectivity index (χ3v) is 6.00. The molecule has 2 fully saturated rings. The van der Waals surface area contributed by atoms with E-state index in [4.69, 9.17) is 0 Å². The van der Waals surface area contributed by atoms with Crippen LogP contribution in [0.3, 0.4) is 0 Å². The van der Waals surface area contributed by atoms with E-state index < -0.39 is 0 Å². The van der Waals surface area contributed by atoms with E-state index in [1.54, 1.807) is 12.1 Å². The summed E-state index contributed by atoms with van der Waals surface area (Å²) in [4.78, 5) is 27.6. The minimum Gasteiger partial charge on any atom is -0.336 e. The Labute approximate surface area is 172 Å². The Hall–Kier alpha value is -2.46. The van der Waals surface area contributed by atoms with Gasteiger partial charge in [-0.15, -0.1) is 10.2 Å². The Kier molecular flexibility index (Phi) is 6.10. The first-order chi connectivity index (χ1) is 14.1. The molecule has 1 N–H and O–H groups in total. The van der Waals surface area contributed by atoms with Crippen molar-refractivity contribution in [2.75, 3.05) is 31.9 Å². The third kappa shape index (κ3) is 4.59. The minimum absolute atomic E-state index is 0.0798. The first-order valence-corrected chi connectivity index (χ1v) is 10.7. The summed E-state index contributed by atoms with van der Waals surface area (Å²) in [6, 6.07) is 5.79. The number of hydrogen-bond donors (Lipinski definition) is 1. The van der Waals surface area contributed by atoms with Crippen LogP contribution < -0.4 is 5.32 Å². The highest BCUT2D eigenvalue weighted by Crippen LogP contribution is 2.24. The molecule has 0 atom stereocenters. The summed E-state index contributed by atoms with van der Waals surface area (Å²) < 4.78 is 15.3. The van der Waals surface area contributed by atoms with Crippen LogP contribution in [0, 0.1) is 5.82 Å². The topological polar surface area (TPSA) is 83.4 Å². The number of nitrogens with one attached hydrogen (secondary N) is 1. The summed E-state index contributed by atoms with van der Waals surface area (Å²) in [7, 11) is 0. The zero-order chi connectivity index (χ0) is 20.2. The van der Waals surface area contributed by atoms with E-state index in [0.717, 1.165) is 24.6 Å². The summed E-state index contributed by atoms with van der Waals surface area (Å²) in [5.74, 6) is 0.253. The fourth-order valence-corrected chi connectivity index (χ4v) is 4.42. The number of amides is 3. The predicted molar refractivity (Wildman–Crippen MR) is 106 cm³/mol. The van der Waals surface area contributed by atoms with Gasteiger partial charge >= 0.3 is 6.03 Å².